The lowest BCUT2D eigenvalue weighted by molar-refractivity contribution is 0.523. The Morgan fingerprint density at radius 2 is 2.11 bits per heavy atom. The zero-order valence-electron chi connectivity index (χ0n) is 10.0. The van der Waals surface area contributed by atoms with Gasteiger partial charge in [0, 0.05) is 23.9 Å². The normalized spacial score (nSPS) is 17.3. The number of aromatic nitrogens is 2. The standard InChI is InChI=1S/C13H13ClF2N2/c1-13(3-4-13)18-10-7-8(15)6-9(16)12(10)17-11(18)2-5-14/h6-7H,2-5H2,1H3. The van der Waals surface area contributed by atoms with Crippen molar-refractivity contribution >= 4 is 22.6 Å². The third-order valence-electron chi connectivity index (χ3n) is 3.58. The zero-order valence-corrected chi connectivity index (χ0v) is 10.8. The fourth-order valence-corrected chi connectivity index (χ4v) is 2.58. The smallest absolute Gasteiger partial charge is 0.153 e. The summed E-state index contributed by atoms with van der Waals surface area (Å²) in [4.78, 5) is 4.29. The molecule has 2 nitrogen and oxygen atoms in total. The Hall–Kier alpha value is -1.16. The van der Waals surface area contributed by atoms with E-state index in [1.165, 1.54) is 6.07 Å². The maximum absolute atomic E-state index is 13.7. The molecule has 3 rings (SSSR count). The number of nitrogens with zero attached hydrogens (tertiary/aromatic N) is 2. The molecule has 1 aromatic carbocycles. The quantitative estimate of drug-likeness (QED) is 0.779. The zero-order chi connectivity index (χ0) is 12.9. The van der Waals surface area contributed by atoms with E-state index in [4.69, 9.17) is 11.6 Å². The Kier molecular flexibility index (Phi) is 2.59. The van der Waals surface area contributed by atoms with Crippen LogP contribution in [0.2, 0.25) is 0 Å². The Morgan fingerprint density at radius 1 is 1.39 bits per heavy atom. The molecule has 0 amide bonds. The molecule has 18 heavy (non-hydrogen) atoms. The number of halogens is 3. The van der Waals surface area contributed by atoms with Crippen molar-refractivity contribution in [3.8, 4) is 0 Å². The summed E-state index contributed by atoms with van der Waals surface area (Å²) in [7, 11) is 0. The van der Waals surface area contributed by atoms with E-state index < -0.39 is 11.6 Å². The number of imidazole rings is 1. The topological polar surface area (TPSA) is 17.8 Å². The van der Waals surface area contributed by atoms with Gasteiger partial charge in [-0.3, -0.25) is 0 Å². The van der Waals surface area contributed by atoms with Gasteiger partial charge >= 0.3 is 0 Å². The molecule has 0 saturated heterocycles. The fourth-order valence-electron chi connectivity index (χ4n) is 2.41. The van der Waals surface area contributed by atoms with Crippen LogP contribution in [-0.2, 0) is 12.0 Å². The molecular weight excluding hydrogens is 258 g/mol. The Bertz CT molecular complexity index is 617. The number of aryl methyl sites for hydroxylation is 1. The van der Waals surface area contributed by atoms with E-state index in [9.17, 15) is 8.78 Å². The number of alkyl halides is 1. The summed E-state index contributed by atoms with van der Waals surface area (Å²) in [5.74, 6) is -0.0140. The summed E-state index contributed by atoms with van der Waals surface area (Å²) in [6.07, 6.45) is 2.57. The first-order chi connectivity index (χ1) is 8.55. The molecule has 0 aliphatic heterocycles. The molecule has 5 heteroatoms. The van der Waals surface area contributed by atoms with Crippen LogP contribution in [0.15, 0.2) is 12.1 Å². The second-order valence-corrected chi connectivity index (χ2v) is 5.43. The van der Waals surface area contributed by atoms with E-state index in [0.717, 1.165) is 24.7 Å². The minimum Gasteiger partial charge on any atom is -0.322 e. The van der Waals surface area contributed by atoms with Crippen molar-refractivity contribution in [1.29, 1.82) is 0 Å². The molecule has 1 fully saturated rings. The number of hydrogen-bond acceptors (Lipinski definition) is 1. The number of hydrogen-bond donors (Lipinski definition) is 0. The highest BCUT2D eigenvalue weighted by Crippen LogP contribution is 2.45. The maximum Gasteiger partial charge on any atom is 0.153 e. The molecule has 96 valence electrons. The molecule has 0 radical (unpaired) electrons. The molecule has 0 unspecified atom stereocenters. The molecule has 1 aliphatic carbocycles. The first-order valence-electron chi connectivity index (χ1n) is 5.98. The van der Waals surface area contributed by atoms with Crippen molar-refractivity contribution in [3.63, 3.8) is 0 Å². The van der Waals surface area contributed by atoms with Crippen molar-refractivity contribution in [1.82, 2.24) is 9.55 Å². The van der Waals surface area contributed by atoms with Crippen molar-refractivity contribution in [2.75, 3.05) is 5.88 Å². The lowest BCUT2D eigenvalue weighted by Crippen LogP contribution is -2.16. The van der Waals surface area contributed by atoms with Crippen LogP contribution in [0.5, 0.6) is 0 Å². The SMILES string of the molecule is CC1(n2c(CCCl)nc3c(F)cc(F)cc32)CC1. The summed E-state index contributed by atoms with van der Waals surface area (Å²) in [6.45, 7) is 2.08. The molecule has 0 bridgehead atoms. The van der Waals surface area contributed by atoms with Gasteiger partial charge in [-0.2, -0.15) is 0 Å². The summed E-state index contributed by atoms with van der Waals surface area (Å²) < 4.78 is 29.1. The minimum absolute atomic E-state index is 0.0592. The number of benzene rings is 1. The third kappa shape index (κ3) is 1.70. The molecular formula is C13H13ClF2N2. The van der Waals surface area contributed by atoms with E-state index in [2.05, 4.69) is 11.9 Å². The average molecular weight is 271 g/mol. The summed E-state index contributed by atoms with van der Waals surface area (Å²) >= 11 is 5.76. The molecule has 1 saturated carbocycles. The molecule has 0 atom stereocenters. The van der Waals surface area contributed by atoms with E-state index >= 15 is 0 Å². The largest absolute Gasteiger partial charge is 0.322 e. The average Bonchev–Trinajstić information content (AvgIpc) is 2.90. The van der Waals surface area contributed by atoms with Gasteiger partial charge in [0.25, 0.3) is 0 Å². The van der Waals surface area contributed by atoms with Crippen LogP contribution in [-0.4, -0.2) is 15.4 Å². The predicted molar refractivity (Wildman–Crippen MR) is 67.0 cm³/mol. The molecule has 1 heterocycles. The Balaban J connectivity index is 2.31. The van der Waals surface area contributed by atoms with Gasteiger partial charge in [-0.25, -0.2) is 13.8 Å². The molecule has 1 aliphatic rings. The monoisotopic (exact) mass is 270 g/mol. The summed E-state index contributed by atoms with van der Waals surface area (Å²) in [6, 6.07) is 2.23. The van der Waals surface area contributed by atoms with Gasteiger partial charge in [0.15, 0.2) is 5.82 Å². The minimum atomic E-state index is -0.608. The van der Waals surface area contributed by atoms with Crippen LogP contribution in [0, 0.1) is 11.6 Å². The van der Waals surface area contributed by atoms with Crippen molar-refractivity contribution in [2.45, 2.75) is 31.7 Å². The maximum atomic E-state index is 13.7. The van der Waals surface area contributed by atoms with Gasteiger partial charge in [0.1, 0.15) is 17.2 Å². The van der Waals surface area contributed by atoms with Crippen LogP contribution >= 0.6 is 11.6 Å². The van der Waals surface area contributed by atoms with Gasteiger partial charge < -0.3 is 4.57 Å². The second kappa shape index (κ2) is 3.92. The van der Waals surface area contributed by atoms with E-state index in [1.807, 2.05) is 4.57 Å². The summed E-state index contributed by atoms with van der Waals surface area (Å²) in [5.41, 5.74) is 0.716. The number of fused-ring (bicyclic) bond motifs is 1. The Labute approximate surface area is 109 Å². The van der Waals surface area contributed by atoms with Crippen molar-refractivity contribution < 1.29 is 8.78 Å². The van der Waals surface area contributed by atoms with Crippen molar-refractivity contribution in [2.24, 2.45) is 0 Å². The van der Waals surface area contributed by atoms with Crippen LogP contribution in [0.3, 0.4) is 0 Å². The molecule has 0 spiro atoms. The highest BCUT2D eigenvalue weighted by Gasteiger charge is 2.42. The van der Waals surface area contributed by atoms with Gasteiger partial charge in [-0.15, -0.1) is 11.6 Å². The van der Waals surface area contributed by atoms with Crippen LogP contribution in [0.4, 0.5) is 8.78 Å². The van der Waals surface area contributed by atoms with E-state index in [0.29, 0.717) is 17.8 Å². The predicted octanol–water partition coefficient (Wildman–Crippen LogP) is 3.60. The highest BCUT2D eigenvalue weighted by atomic mass is 35.5. The summed E-state index contributed by atoms with van der Waals surface area (Å²) in [5, 5.41) is 0. The first kappa shape index (κ1) is 11.9. The van der Waals surface area contributed by atoms with Crippen LogP contribution in [0.25, 0.3) is 11.0 Å². The molecule has 0 N–H and O–H groups in total. The van der Waals surface area contributed by atoms with Gasteiger partial charge in [0.2, 0.25) is 0 Å². The number of rotatable bonds is 3. The van der Waals surface area contributed by atoms with Gasteiger partial charge in [-0.05, 0) is 25.8 Å². The van der Waals surface area contributed by atoms with Crippen LogP contribution < -0.4 is 0 Å². The van der Waals surface area contributed by atoms with E-state index in [1.54, 1.807) is 0 Å². The van der Waals surface area contributed by atoms with Gasteiger partial charge in [-0.1, -0.05) is 0 Å². The fraction of sp³-hybridized carbons (Fsp3) is 0.462. The van der Waals surface area contributed by atoms with E-state index in [-0.39, 0.29) is 11.1 Å². The highest BCUT2D eigenvalue weighted by molar-refractivity contribution is 6.17. The first-order valence-corrected chi connectivity index (χ1v) is 6.51. The second-order valence-electron chi connectivity index (χ2n) is 5.05. The Morgan fingerprint density at radius 3 is 2.72 bits per heavy atom. The lowest BCUT2D eigenvalue weighted by Gasteiger charge is -2.15. The van der Waals surface area contributed by atoms with Gasteiger partial charge in [0.05, 0.1) is 5.52 Å². The van der Waals surface area contributed by atoms with Crippen LogP contribution in [0.1, 0.15) is 25.6 Å². The van der Waals surface area contributed by atoms with Crippen molar-refractivity contribution in [3.05, 3.63) is 29.6 Å². The third-order valence-corrected chi connectivity index (χ3v) is 3.77. The molecule has 1 aromatic heterocycles. The lowest BCUT2D eigenvalue weighted by atomic mass is 10.2. The molecule has 2 aromatic rings.